The number of carbonyl (C=O) groups is 1. The molecule has 1 atom stereocenters. The normalized spacial score (nSPS) is 18.6. The van der Waals surface area contributed by atoms with Crippen LogP contribution >= 0.6 is 0 Å². The van der Waals surface area contributed by atoms with Crippen molar-refractivity contribution in [2.45, 2.75) is 25.2 Å². The first kappa shape index (κ1) is 19.3. The van der Waals surface area contributed by atoms with Crippen LogP contribution in [0.1, 0.15) is 35.4 Å². The number of benzene rings is 2. The minimum absolute atomic E-state index is 0.0254. The van der Waals surface area contributed by atoms with Crippen molar-refractivity contribution in [3.63, 3.8) is 0 Å². The van der Waals surface area contributed by atoms with Gasteiger partial charge in [-0.25, -0.2) is 8.42 Å². The summed E-state index contributed by atoms with van der Waals surface area (Å²) in [6, 6.07) is 16.8. The fourth-order valence-electron chi connectivity index (χ4n) is 3.39. The van der Waals surface area contributed by atoms with E-state index in [1.165, 1.54) is 9.71 Å². The Labute approximate surface area is 160 Å². The van der Waals surface area contributed by atoms with Gasteiger partial charge < -0.3 is 5.11 Å². The highest BCUT2D eigenvalue weighted by Gasteiger charge is 2.28. The lowest BCUT2D eigenvalue weighted by molar-refractivity contribution is -0.136. The van der Waals surface area contributed by atoms with Crippen LogP contribution in [0.15, 0.2) is 60.0 Å². The third-order valence-corrected chi connectivity index (χ3v) is 6.29. The molecule has 3 rings (SSSR count). The van der Waals surface area contributed by atoms with Gasteiger partial charge in [-0.2, -0.15) is 4.31 Å². The number of piperidine rings is 1. The molecule has 2 aromatic carbocycles. The van der Waals surface area contributed by atoms with Crippen LogP contribution in [0.4, 0.5) is 0 Å². The SMILES string of the molecule is O=C(O)Cc1cccc(C2CCCN(S(=O)(=O)C=Cc3ccccc3)C2)c1. The Bertz CT molecular complexity index is 922. The number of carboxylic acid groups (broad SMARTS) is 1. The number of hydrogen-bond acceptors (Lipinski definition) is 3. The summed E-state index contributed by atoms with van der Waals surface area (Å²) in [6.45, 7) is 0.921. The predicted octanol–water partition coefficient (Wildman–Crippen LogP) is 3.49. The van der Waals surface area contributed by atoms with E-state index in [0.29, 0.717) is 13.1 Å². The first-order chi connectivity index (χ1) is 12.9. The highest BCUT2D eigenvalue weighted by Crippen LogP contribution is 2.29. The molecule has 1 heterocycles. The third-order valence-electron chi connectivity index (χ3n) is 4.75. The summed E-state index contributed by atoms with van der Waals surface area (Å²) in [5, 5.41) is 10.2. The van der Waals surface area contributed by atoms with Gasteiger partial charge in [0.15, 0.2) is 0 Å². The molecule has 0 radical (unpaired) electrons. The van der Waals surface area contributed by atoms with Crippen molar-refractivity contribution in [2.24, 2.45) is 0 Å². The third kappa shape index (κ3) is 5.28. The number of sulfonamides is 1. The smallest absolute Gasteiger partial charge is 0.307 e. The van der Waals surface area contributed by atoms with Crippen LogP contribution in [0, 0.1) is 0 Å². The molecule has 1 aliphatic heterocycles. The standard InChI is InChI=1S/C21H23NO4S/c23-21(24)15-18-8-4-9-19(14-18)20-10-5-12-22(16-20)27(25,26)13-11-17-6-2-1-3-7-17/h1-4,6-9,11,13-14,20H,5,10,12,15-16H2,(H,23,24). The molecule has 0 spiro atoms. The summed E-state index contributed by atoms with van der Waals surface area (Å²) in [5.41, 5.74) is 2.58. The molecule has 2 aromatic rings. The zero-order valence-corrected chi connectivity index (χ0v) is 15.8. The second-order valence-corrected chi connectivity index (χ2v) is 8.59. The molecule has 1 fully saturated rings. The lowest BCUT2D eigenvalue weighted by atomic mass is 9.90. The summed E-state index contributed by atoms with van der Waals surface area (Å²) in [6.07, 6.45) is 3.27. The first-order valence-electron chi connectivity index (χ1n) is 8.98. The molecule has 1 saturated heterocycles. The summed E-state index contributed by atoms with van der Waals surface area (Å²) in [4.78, 5) is 10.9. The van der Waals surface area contributed by atoms with Gasteiger partial charge in [0.05, 0.1) is 6.42 Å². The molecule has 27 heavy (non-hydrogen) atoms. The molecule has 0 aromatic heterocycles. The fraction of sp³-hybridized carbons (Fsp3) is 0.286. The molecule has 1 aliphatic rings. The van der Waals surface area contributed by atoms with E-state index in [-0.39, 0.29) is 12.3 Å². The van der Waals surface area contributed by atoms with Gasteiger partial charge in [-0.15, -0.1) is 0 Å². The van der Waals surface area contributed by atoms with Gasteiger partial charge in [-0.3, -0.25) is 4.79 Å². The van der Waals surface area contributed by atoms with Crippen molar-refractivity contribution in [1.29, 1.82) is 0 Å². The maximum Gasteiger partial charge on any atom is 0.307 e. The average molecular weight is 385 g/mol. The van der Waals surface area contributed by atoms with E-state index in [1.807, 2.05) is 48.5 Å². The molecular formula is C21H23NO4S. The molecule has 0 aliphatic carbocycles. The van der Waals surface area contributed by atoms with E-state index in [2.05, 4.69) is 0 Å². The number of hydrogen-bond donors (Lipinski definition) is 1. The Morgan fingerprint density at radius 1 is 1.15 bits per heavy atom. The Morgan fingerprint density at radius 3 is 2.67 bits per heavy atom. The van der Waals surface area contributed by atoms with Crippen molar-refractivity contribution >= 4 is 22.1 Å². The van der Waals surface area contributed by atoms with Gasteiger partial charge >= 0.3 is 5.97 Å². The van der Waals surface area contributed by atoms with E-state index < -0.39 is 16.0 Å². The topological polar surface area (TPSA) is 74.7 Å². The molecule has 1 unspecified atom stereocenters. The maximum atomic E-state index is 12.7. The molecule has 1 N–H and O–H groups in total. The van der Waals surface area contributed by atoms with Crippen LogP contribution < -0.4 is 0 Å². The van der Waals surface area contributed by atoms with E-state index in [0.717, 1.165) is 29.5 Å². The minimum Gasteiger partial charge on any atom is -0.481 e. The summed E-state index contributed by atoms with van der Waals surface area (Å²) < 4.78 is 26.9. The maximum absolute atomic E-state index is 12.7. The Hall–Kier alpha value is -2.44. The second-order valence-electron chi connectivity index (χ2n) is 6.77. The zero-order chi connectivity index (χ0) is 19.3. The van der Waals surface area contributed by atoms with Gasteiger partial charge in [0.25, 0.3) is 0 Å². The van der Waals surface area contributed by atoms with Crippen molar-refractivity contribution in [3.8, 4) is 0 Å². The molecule has 0 amide bonds. The lowest BCUT2D eigenvalue weighted by Gasteiger charge is -2.31. The van der Waals surface area contributed by atoms with E-state index in [4.69, 9.17) is 5.11 Å². The van der Waals surface area contributed by atoms with Crippen LogP contribution in [0.2, 0.25) is 0 Å². The van der Waals surface area contributed by atoms with Crippen molar-refractivity contribution in [2.75, 3.05) is 13.1 Å². The van der Waals surface area contributed by atoms with Gasteiger partial charge in [0, 0.05) is 18.5 Å². The Morgan fingerprint density at radius 2 is 1.93 bits per heavy atom. The number of aliphatic carboxylic acids is 1. The Kier molecular flexibility index (Phi) is 6.08. The average Bonchev–Trinajstić information content (AvgIpc) is 2.67. The summed E-state index contributed by atoms with van der Waals surface area (Å²) >= 11 is 0. The predicted molar refractivity (Wildman–Crippen MR) is 106 cm³/mol. The monoisotopic (exact) mass is 385 g/mol. The fourth-order valence-corrected chi connectivity index (χ4v) is 4.66. The molecule has 5 nitrogen and oxygen atoms in total. The van der Waals surface area contributed by atoms with Crippen LogP contribution in [0.3, 0.4) is 0 Å². The van der Waals surface area contributed by atoms with Crippen molar-refractivity contribution in [1.82, 2.24) is 4.31 Å². The first-order valence-corrected chi connectivity index (χ1v) is 10.5. The molecule has 6 heteroatoms. The highest BCUT2D eigenvalue weighted by molar-refractivity contribution is 7.92. The number of rotatable bonds is 6. The lowest BCUT2D eigenvalue weighted by Crippen LogP contribution is -2.38. The number of nitrogens with zero attached hydrogens (tertiary/aromatic N) is 1. The highest BCUT2D eigenvalue weighted by atomic mass is 32.2. The quantitative estimate of drug-likeness (QED) is 0.826. The summed E-state index contributed by atoms with van der Waals surface area (Å²) in [7, 11) is -3.49. The second kappa shape index (κ2) is 8.50. The number of carboxylic acids is 1. The van der Waals surface area contributed by atoms with Crippen molar-refractivity contribution in [3.05, 3.63) is 76.7 Å². The van der Waals surface area contributed by atoms with Crippen LogP contribution in [-0.2, 0) is 21.2 Å². The van der Waals surface area contributed by atoms with Gasteiger partial charge in [0.2, 0.25) is 10.0 Å². The largest absolute Gasteiger partial charge is 0.481 e. The van der Waals surface area contributed by atoms with Gasteiger partial charge in [-0.05, 0) is 41.5 Å². The molecule has 0 bridgehead atoms. The minimum atomic E-state index is -3.49. The summed E-state index contributed by atoms with van der Waals surface area (Å²) in [5.74, 6) is -0.793. The van der Waals surface area contributed by atoms with Crippen molar-refractivity contribution < 1.29 is 18.3 Å². The van der Waals surface area contributed by atoms with Crippen LogP contribution in [0.5, 0.6) is 0 Å². The molecule has 142 valence electrons. The van der Waals surface area contributed by atoms with Gasteiger partial charge in [0.1, 0.15) is 0 Å². The van der Waals surface area contributed by atoms with E-state index in [1.54, 1.807) is 12.1 Å². The van der Waals surface area contributed by atoms with Crippen LogP contribution in [-0.4, -0.2) is 36.9 Å². The van der Waals surface area contributed by atoms with Crippen LogP contribution in [0.25, 0.3) is 6.08 Å². The Balaban J connectivity index is 1.74. The molecular weight excluding hydrogens is 362 g/mol. The van der Waals surface area contributed by atoms with E-state index >= 15 is 0 Å². The van der Waals surface area contributed by atoms with Gasteiger partial charge in [-0.1, -0.05) is 54.6 Å². The van der Waals surface area contributed by atoms with E-state index in [9.17, 15) is 13.2 Å². The molecule has 0 saturated carbocycles. The zero-order valence-electron chi connectivity index (χ0n) is 15.0.